The molecular weight excluding hydrogens is 210 g/mol. The molecule has 0 aliphatic heterocycles. The second-order valence-corrected chi connectivity index (χ2v) is 4.59. The summed E-state index contributed by atoms with van der Waals surface area (Å²) in [4.78, 5) is 2.22. The lowest BCUT2D eigenvalue weighted by molar-refractivity contribution is 0.400. The fraction of sp³-hybridized carbons (Fsp3) is 0.357. The highest BCUT2D eigenvalue weighted by Gasteiger charge is 2.00. The third kappa shape index (κ3) is 3.43. The quantitative estimate of drug-likeness (QED) is 0.854. The van der Waals surface area contributed by atoms with Crippen LogP contribution in [0.1, 0.15) is 12.0 Å². The van der Waals surface area contributed by atoms with Gasteiger partial charge in [-0.2, -0.15) is 5.10 Å². The van der Waals surface area contributed by atoms with Crippen LogP contribution >= 0.6 is 0 Å². The number of benzene rings is 1. The van der Waals surface area contributed by atoms with Crippen LogP contribution in [-0.2, 0) is 6.42 Å². The van der Waals surface area contributed by atoms with Crippen molar-refractivity contribution in [2.75, 3.05) is 20.6 Å². The molecule has 0 fully saturated rings. The van der Waals surface area contributed by atoms with Crippen molar-refractivity contribution in [1.29, 1.82) is 0 Å². The lowest BCUT2D eigenvalue weighted by atomic mass is 10.0. The number of aromatic amines is 1. The Balaban J connectivity index is 2.02. The summed E-state index contributed by atoms with van der Waals surface area (Å²) in [5.74, 6) is 0. The monoisotopic (exact) mass is 229 g/mol. The highest BCUT2D eigenvalue weighted by atomic mass is 15.1. The van der Waals surface area contributed by atoms with Gasteiger partial charge in [0.1, 0.15) is 0 Å². The molecule has 0 bridgehead atoms. The number of H-pyrrole nitrogens is 1. The molecule has 0 saturated heterocycles. The van der Waals surface area contributed by atoms with Gasteiger partial charge in [-0.15, -0.1) is 0 Å². The van der Waals surface area contributed by atoms with E-state index in [9.17, 15) is 0 Å². The molecule has 0 amide bonds. The van der Waals surface area contributed by atoms with E-state index in [2.05, 4.69) is 53.5 Å². The number of rotatable bonds is 5. The average Bonchev–Trinajstić information content (AvgIpc) is 2.82. The van der Waals surface area contributed by atoms with Gasteiger partial charge < -0.3 is 4.90 Å². The van der Waals surface area contributed by atoms with E-state index in [-0.39, 0.29) is 0 Å². The van der Waals surface area contributed by atoms with Crippen molar-refractivity contribution < 1.29 is 0 Å². The molecule has 0 radical (unpaired) electrons. The lowest BCUT2D eigenvalue weighted by Gasteiger charge is -2.09. The Kier molecular flexibility index (Phi) is 3.94. The molecule has 2 aromatic rings. The van der Waals surface area contributed by atoms with Crippen molar-refractivity contribution in [1.82, 2.24) is 15.1 Å². The van der Waals surface area contributed by atoms with Crippen LogP contribution in [0.4, 0.5) is 0 Å². The molecule has 90 valence electrons. The fourth-order valence-electron chi connectivity index (χ4n) is 1.91. The summed E-state index contributed by atoms with van der Waals surface area (Å²) in [7, 11) is 4.23. The van der Waals surface area contributed by atoms with Gasteiger partial charge in [-0.05, 0) is 44.6 Å². The van der Waals surface area contributed by atoms with Crippen molar-refractivity contribution in [3.8, 4) is 11.1 Å². The molecule has 1 N–H and O–H groups in total. The summed E-state index contributed by atoms with van der Waals surface area (Å²) in [6.45, 7) is 1.13. The summed E-state index contributed by atoms with van der Waals surface area (Å²) < 4.78 is 0. The van der Waals surface area contributed by atoms with Gasteiger partial charge in [0.25, 0.3) is 0 Å². The molecule has 0 atom stereocenters. The summed E-state index contributed by atoms with van der Waals surface area (Å²) in [6.07, 6.45) is 6.11. The molecule has 0 unspecified atom stereocenters. The Bertz CT molecular complexity index is 446. The number of nitrogens with zero attached hydrogens (tertiary/aromatic N) is 2. The van der Waals surface area contributed by atoms with Crippen molar-refractivity contribution >= 4 is 0 Å². The first-order valence-electron chi connectivity index (χ1n) is 5.98. The SMILES string of the molecule is CN(C)CCCc1cccc(-c2cn[nH]c2)c1. The van der Waals surface area contributed by atoms with Gasteiger partial charge in [-0.25, -0.2) is 0 Å². The van der Waals surface area contributed by atoms with E-state index in [4.69, 9.17) is 0 Å². The van der Waals surface area contributed by atoms with E-state index in [1.165, 1.54) is 17.5 Å². The van der Waals surface area contributed by atoms with Gasteiger partial charge in [0.15, 0.2) is 0 Å². The number of hydrogen-bond donors (Lipinski definition) is 1. The molecule has 3 heteroatoms. The van der Waals surface area contributed by atoms with E-state index >= 15 is 0 Å². The smallest absolute Gasteiger partial charge is 0.0565 e. The topological polar surface area (TPSA) is 31.9 Å². The Morgan fingerprint density at radius 3 is 2.82 bits per heavy atom. The molecule has 2 rings (SSSR count). The van der Waals surface area contributed by atoms with Crippen LogP contribution in [0, 0.1) is 0 Å². The van der Waals surface area contributed by atoms with Crippen molar-refractivity contribution in [2.24, 2.45) is 0 Å². The van der Waals surface area contributed by atoms with E-state index < -0.39 is 0 Å². The summed E-state index contributed by atoms with van der Waals surface area (Å²) in [6, 6.07) is 8.69. The third-order valence-electron chi connectivity index (χ3n) is 2.83. The van der Waals surface area contributed by atoms with Gasteiger partial charge >= 0.3 is 0 Å². The zero-order valence-corrected chi connectivity index (χ0v) is 10.5. The third-order valence-corrected chi connectivity index (χ3v) is 2.83. The zero-order valence-electron chi connectivity index (χ0n) is 10.5. The largest absolute Gasteiger partial charge is 0.309 e. The van der Waals surface area contributed by atoms with E-state index in [1.54, 1.807) is 0 Å². The fourth-order valence-corrected chi connectivity index (χ4v) is 1.91. The van der Waals surface area contributed by atoms with Crippen LogP contribution in [0.25, 0.3) is 11.1 Å². The molecule has 0 saturated carbocycles. The first kappa shape index (κ1) is 11.9. The number of nitrogens with one attached hydrogen (secondary N) is 1. The van der Waals surface area contributed by atoms with Gasteiger partial charge in [0, 0.05) is 11.8 Å². The summed E-state index contributed by atoms with van der Waals surface area (Å²) in [5.41, 5.74) is 3.78. The minimum atomic E-state index is 1.13. The molecule has 0 aliphatic rings. The summed E-state index contributed by atoms with van der Waals surface area (Å²) in [5, 5.41) is 6.83. The normalized spacial score (nSPS) is 11.0. The second-order valence-electron chi connectivity index (χ2n) is 4.59. The van der Waals surface area contributed by atoms with Gasteiger partial charge in [0.05, 0.1) is 6.20 Å². The molecule has 1 heterocycles. The predicted molar refractivity (Wildman–Crippen MR) is 70.9 cm³/mol. The second kappa shape index (κ2) is 5.64. The minimum Gasteiger partial charge on any atom is -0.309 e. The van der Waals surface area contributed by atoms with Crippen molar-refractivity contribution in [3.05, 3.63) is 42.2 Å². The highest BCUT2D eigenvalue weighted by Crippen LogP contribution is 2.19. The highest BCUT2D eigenvalue weighted by molar-refractivity contribution is 5.62. The zero-order chi connectivity index (χ0) is 12.1. The number of aryl methyl sites for hydroxylation is 1. The summed E-state index contributed by atoms with van der Waals surface area (Å²) >= 11 is 0. The van der Waals surface area contributed by atoms with E-state index in [0.717, 1.165) is 18.5 Å². The molecule has 3 nitrogen and oxygen atoms in total. The van der Waals surface area contributed by atoms with Crippen molar-refractivity contribution in [3.63, 3.8) is 0 Å². The molecular formula is C14H19N3. The van der Waals surface area contributed by atoms with E-state index in [0.29, 0.717) is 0 Å². The maximum absolute atomic E-state index is 3.98. The Morgan fingerprint density at radius 2 is 2.12 bits per heavy atom. The minimum absolute atomic E-state index is 1.13. The van der Waals surface area contributed by atoms with Crippen LogP contribution < -0.4 is 0 Å². The van der Waals surface area contributed by atoms with Crippen LogP contribution in [-0.4, -0.2) is 35.7 Å². The standard InChI is InChI=1S/C14H19N3/c1-17(2)8-4-6-12-5-3-7-13(9-12)14-10-15-16-11-14/h3,5,7,9-11H,4,6,8H2,1-2H3,(H,15,16). The van der Waals surface area contributed by atoms with Gasteiger partial charge in [-0.1, -0.05) is 24.3 Å². The molecule has 17 heavy (non-hydrogen) atoms. The predicted octanol–water partition coefficient (Wildman–Crippen LogP) is 2.57. The molecule has 0 spiro atoms. The number of hydrogen-bond acceptors (Lipinski definition) is 2. The Hall–Kier alpha value is -1.61. The lowest BCUT2D eigenvalue weighted by Crippen LogP contribution is -2.13. The maximum atomic E-state index is 3.98. The van der Waals surface area contributed by atoms with Crippen LogP contribution in [0.5, 0.6) is 0 Å². The van der Waals surface area contributed by atoms with Crippen LogP contribution in [0.15, 0.2) is 36.7 Å². The Morgan fingerprint density at radius 1 is 1.24 bits per heavy atom. The van der Waals surface area contributed by atoms with Crippen molar-refractivity contribution in [2.45, 2.75) is 12.8 Å². The van der Waals surface area contributed by atoms with E-state index in [1.807, 2.05) is 12.4 Å². The maximum Gasteiger partial charge on any atom is 0.0565 e. The van der Waals surface area contributed by atoms with Gasteiger partial charge in [0.2, 0.25) is 0 Å². The molecule has 0 aliphatic carbocycles. The number of aromatic nitrogens is 2. The Labute approximate surface area is 102 Å². The van der Waals surface area contributed by atoms with Crippen LogP contribution in [0.3, 0.4) is 0 Å². The van der Waals surface area contributed by atoms with Crippen LogP contribution in [0.2, 0.25) is 0 Å². The first-order chi connectivity index (χ1) is 8.25. The average molecular weight is 229 g/mol. The molecule has 1 aromatic carbocycles. The van der Waals surface area contributed by atoms with Gasteiger partial charge in [-0.3, -0.25) is 5.10 Å². The molecule has 1 aromatic heterocycles. The first-order valence-corrected chi connectivity index (χ1v) is 5.98.